The summed E-state index contributed by atoms with van der Waals surface area (Å²) in [6.07, 6.45) is 1.07. The van der Waals surface area contributed by atoms with Crippen LogP contribution in [-0.4, -0.2) is 20.1 Å². The van der Waals surface area contributed by atoms with Crippen molar-refractivity contribution >= 4 is 0 Å². The van der Waals surface area contributed by atoms with Crippen LogP contribution in [0.3, 0.4) is 0 Å². The Morgan fingerprint density at radius 2 is 2.38 bits per heavy atom. The second kappa shape index (κ2) is 6.88. The first-order chi connectivity index (χ1) is 3.91. The quantitative estimate of drug-likeness (QED) is 0.418. The van der Waals surface area contributed by atoms with E-state index in [0.717, 1.165) is 13.0 Å². The molecule has 3 nitrogen and oxygen atoms in total. The normalized spacial score (nSPS) is 9.75. The van der Waals surface area contributed by atoms with Crippen LogP contribution >= 0.6 is 0 Å². The van der Waals surface area contributed by atoms with Gasteiger partial charge in [0.05, 0.1) is 6.73 Å². The largest absolute Gasteiger partial charge is 0.337 e. The molecule has 8 heavy (non-hydrogen) atoms. The highest BCUT2D eigenvalue weighted by atomic mass is 16.6. The molecule has 0 saturated heterocycles. The second-order valence-corrected chi connectivity index (χ2v) is 1.47. The molecule has 1 N–H and O–H groups in total. The maximum atomic E-state index is 9.63. The fraction of sp³-hybridized carbons (Fsp3) is 1.00. The van der Waals surface area contributed by atoms with Gasteiger partial charge >= 0.3 is 0 Å². The predicted octanol–water partition coefficient (Wildman–Crippen LogP) is 0.348. The summed E-state index contributed by atoms with van der Waals surface area (Å²) in [5.74, 6) is 0. The van der Waals surface area contributed by atoms with E-state index >= 15 is 0 Å². The zero-order valence-electron chi connectivity index (χ0n) is 5.14. The molecule has 0 aromatic carbocycles. The summed E-state index contributed by atoms with van der Waals surface area (Å²) in [6.45, 7) is 2.91. The smallest absolute Gasteiger partial charge is 0.182 e. The van der Waals surface area contributed by atoms with E-state index in [0.29, 0.717) is 6.73 Å². The van der Waals surface area contributed by atoms with Crippen LogP contribution in [-0.2, 0) is 9.84 Å². The summed E-state index contributed by atoms with van der Waals surface area (Å²) >= 11 is 0. The molecule has 1 radical (unpaired) electrons. The van der Waals surface area contributed by atoms with E-state index in [2.05, 4.69) is 17.0 Å². The van der Waals surface area contributed by atoms with Crippen LogP contribution in [0.25, 0.3) is 0 Å². The maximum absolute atomic E-state index is 9.63. The third kappa shape index (κ3) is 5.88. The van der Waals surface area contributed by atoms with Crippen LogP contribution in [0.4, 0.5) is 0 Å². The highest BCUT2D eigenvalue weighted by molar-refractivity contribution is 4.32. The minimum atomic E-state index is -0.448. The molecule has 0 aliphatic heterocycles. The Labute approximate surface area is 49.7 Å². The van der Waals surface area contributed by atoms with Crippen molar-refractivity contribution in [2.45, 2.75) is 13.3 Å². The van der Waals surface area contributed by atoms with E-state index in [1.807, 2.05) is 0 Å². The third-order valence-corrected chi connectivity index (χ3v) is 0.714. The topological polar surface area (TPSA) is 41.2 Å². The average molecular weight is 118 g/mol. The van der Waals surface area contributed by atoms with Crippen molar-refractivity contribution in [3.8, 4) is 0 Å². The molecular weight excluding hydrogens is 106 g/mol. The Morgan fingerprint density at radius 1 is 1.62 bits per heavy atom. The van der Waals surface area contributed by atoms with Gasteiger partial charge in [0.2, 0.25) is 0 Å². The van der Waals surface area contributed by atoms with Gasteiger partial charge in [0.1, 0.15) is 0 Å². The summed E-state index contributed by atoms with van der Waals surface area (Å²) in [5, 5.41) is 12.5. The van der Waals surface area contributed by atoms with Crippen molar-refractivity contribution in [1.29, 1.82) is 0 Å². The minimum Gasteiger partial charge on any atom is -0.337 e. The fourth-order valence-corrected chi connectivity index (χ4v) is 0.363. The number of hydrogen-bond donors (Lipinski definition) is 1. The summed E-state index contributed by atoms with van der Waals surface area (Å²) in [4.78, 5) is 0. The summed E-state index contributed by atoms with van der Waals surface area (Å²) < 4.78 is 4.47. The van der Waals surface area contributed by atoms with Crippen molar-refractivity contribution < 1.29 is 9.84 Å². The van der Waals surface area contributed by atoms with Crippen molar-refractivity contribution in [3.05, 3.63) is 0 Å². The lowest BCUT2D eigenvalue weighted by molar-refractivity contribution is -0.0500. The first-order valence-electron chi connectivity index (χ1n) is 2.78. The van der Waals surface area contributed by atoms with Gasteiger partial charge in [-0.1, -0.05) is 6.92 Å². The summed E-state index contributed by atoms with van der Waals surface area (Å²) in [5.41, 5.74) is 0. The van der Waals surface area contributed by atoms with Crippen LogP contribution in [0.1, 0.15) is 13.3 Å². The van der Waals surface area contributed by atoms with E-state index in [1.165, 1.54) is 0 Å². The van der Waals surface area contributed by atoms with Gasteiger partial charge in [-0.15, -0.1) is 0 Å². The molecule has 0 atom stereocenters. The predicted molar refractivity (Wildman–Crippen MR) is 29.8 cm³/mol. The molecular formula is C5H12NO2. The van der Waals surface area contributed by atoms with Gasteiger partial charge in [-0.05, 0) is 13.0 Å². The lowest BCUT2D eigenvalue weighted by atomic mass is 10.5. The molecule has 0 aliphatic carbocycles. The molecule has 0 aromatic rings. The lowest BCUT2D eigenvalue weighted by Gasteiger charge is -1.98. The fourth-order valence-electron chi connectivity index (χ4n) is 0.363. The van der Waals surface area contributed by atoms with Gasteiger partial charge in [-0.2, -0.15) is 0 Å². The SMILES string of the molecule is CCCNCOC[O]. The molecule has 0 heterocycles. The molecule has 0 fully saturated rings. The first-order valence-corrected chi connectivity index (χ1v) is 2.78. The highest BCUT2D eigenvalue weighted by Crippen LogP contribution is 1.69. The van der Waals surface area contributed by atoms with E-state index in [-0.39, 0.29) is 0 Å². The molecule has 0 aromatic heterocycles. The van der Waals surface area contributed by atoms with Gasteiger partial charge in [0, 0.05) is 0 Å². The molecule has 3 heteroatoms. The molecule has 0 bridgehead atoms. The van der Waals surface area contributed by atoms with Crippen LogP contribution in [0.15, 0.2) is 0 Å². The van der Waals surface area contributed by atoms with Crippen molar-refractivity contribution in [2.75, 3.05) is 20.1 Å². The average Bonchev–Trinajstić information content (AvgIpc) is 1.81. The van der Waals surface area contributed by atoms with Gasteiger partial charge in [0.25, 0.3) is 0 Å². The van der Waals surface area contributed by atoms with Gasteiger partial charge in [-0.25, -0.2) is 5.11 Å². The van der Waals surface area contributed by atoms with E-state index < -0.39 is 6.79 Å². The molecule has 49 valence electrons. The van der Waals surface area contributed by atoms with Gasteiger partial charge < -0.3 is 4.74 Å². The zero-order valence-corrected chi connectivity index (χ0v) is 5.14. The van der Waals surface area contributed by atoms with Crippen LogP contribution in [0.2, 0.25) is 0 Å². The Kier molecular flexibility index (Phi) is 6.78. The molecule has 0 unspecified atom stereocenters. The van der Waals surface area contributed by atoms with Crippen molar-refractivity contribution in [2.24, 2.45) is 0 Å². The third-order valence-electron chi connectivity index (χ3n) is 0.714. The van der Waals surface area contributed by atoms with Crippen LogP contribution in [0, 0.1) is 0 Å². The van der Waals surface area contributed by atoms with E-state index in [1.54, 1.807) is 0 Å². The second-order valence-electron chi connectivity index (χ2n) is 1.47. The van der Waals surface area contributed by atoms with E-state index in [4.69, 9.17) is 0 Å². The minimum absolute atomic E-state index is 0.386. The van der Waals surface area contributed by atoms with Gasteiger partial charge in [-0.3, -0.25) is 5.32 Å². The Balaban J connectivity index is 2.53. The molecule has 0 amide bonds. The van der Waals surface area contributed by atoms with Crippen LogP contribution < -0.4 is 5.32 Å². The Hall–Kier alpha value is -0.120. The van der Waals surface area contributed by atoms with Crippen molar-refractivity contribution in [1.82, 2.24) is 5.32 Å². The zero-order chi connectivity index (χ0) is 6.24. The van der Waals surface area contributed by atoms with E-state index in [9.17, 15) is 5.11 Å². The monoisotopic (exact) mass is 118 g/mol. The maximum Gasteiger partial charge on any atom is 0.182 e. The molecule has 0 rings (SSSR count). The lowest BCUT2D eigenvalue weighted by Crippen LogP contribution is -2.18. The first kappa shape index (κ1) is 7.88. The number of ether oxygens (including phenoxy) is 1. The Morgan fingerprint density at radius 3 is 2.88 bits per heavy atom. The Bertz CT molecular complexity index is 35.4. The van der Waals surface area contributed by atoms with Crippen LogP contribution in [0.5, 0.6) is 0 Å². The number of rotatable bonds is 5. The summed E-state index contributed by atoms with van der Waals surface area (Å²) in [7, 11) is 0. The molecule has 0 saturated carbocycles. The number of hydrogen-bond acceptors (Lipinski definition) is 2. The molecule has 0 spiro atoms. The van der Waals surface area contributed by atoms with Gasteiger partial charge in [0.15, 0.2) is 6.79 Å². The van der Waals surface area contributed by atoms with Crippen molar-refractivity contribution in [3.63, 3.8) is 0 Å². The molecule has 0 aliphatic rings. The highest BCUT2D eigenvalue weighted by Gasteiger charge is 1.80. The number of nitrogens with one attached hydrogen (secondary N) is 1. The standard InChI is InChI=1S/C5H12NO2/c1-2-3-6-4-8-5-7/h6H,2-5H2,1H3. The summed E-state index contributed by atoms with van der Waals surface area (Å²) in [6, 6.07) is 0.